The normalized spacial score (nSPS) is 12.5. The number of rotatable bonds is 2. The molecule has 4 nitrogen and oxygen atoms in total. The smallest absolute Gasteiger partial charge is 0.336 e. The summed E-state index contributed by atoms with van der Waals surface area (Å²) < 4.78 is 0. The average Bonchev–Trinajstić information content (AvgIpc) is 2.63. The van der Waals surface area contributed by atoms with Gasteiger partial charge in [-0.05, 0) is 29.7 Å². The van der Waals surface area contributed by atoms with Crippen molar-refractivity contribution in [1.29, 1.82) is 0 Å². The van der Waals surface area contributed by atoms with Gasteiger partial charge in [0.2, 0.25) is 0 Å². The van der Waals surface area contributed by atoms with Crippen molar-refractivity contribution >= 4 is 18.0 Å². The van der Waals surface area contributed by atoms with Gasteiger partial charge in [-0.25, -0.2) is 9.59 Å². The van der Waals surface area contributed by atoms with Gasteiger partial charge in [0.1, 0.15) is 0 Å². The van der Waals surface area contributed by atoms with Gasteiger partial charge >= 0.3 is 11.9 Å². The van der Waals surface area contributed by atoms with Crippen LogP contribution in [0.1, 0.15) is 31.8 Å². The van der Waals surface area contributed by atoms with Crippen molar-refractivity contribution < 1.29 is 19.8 Å². The Hall–Kier alpha value is -2.10. The van der Waals surface area contributed by atoms with E-state index in [9.17, 15) is 9.59 Å². The van der Waals surface area contributed by atoms with E-state index in [0.29, 0.717) is 17.5 Å². The maximum Gasteiger partial charge on any atom is 0.336 e. The number of aromatic carboxylic acids is 2. The van der Waals surface area contributed by atoms with Gasteiger partial charge in [-0.15, -0.1) is 0 Å². The molecule has 0 atom stereocenters. The van der Waals surface area contributed by atoms with E-state index in [1.165, 1.54) is 12.1 Å². The largest absolute Gasteiger partial charge is 0.478 e. The fraction of sp³-hybridized carbons (Fsp3) is 0.0909. The van der Waals surface area contributed by atoms with E-state index in [2.05, 4.69) is 0 Å². The summed E-state index contributed by atoms with van der Waals surface area (Å²) >= 11 is 0. The fourth-order valence-electron chi connectivity index (χ4n) is 1.76. The summed E-state index contributed by atoms with van der Waals surface area (Å²) in [6.07, 6.45) is 3.91. The lowest BCUT2D eigenvalue weighted by Gasteiger charge is -2.06. The number of carbonyl (C=O) groups is 2. The minimum atomic E-state index is -1.03. The third-order valence-electron chi connectivity index (χ3n) is 2.42. The highest BCUT2D eigenvalue weighted by atomic mass is 16.4. The maximum atomic E-state index is 10.9. The van der Waals surface area contributed by atoms with Gasteiger partial charge in [-0.2, -0.15) is 0 Å². The van der Waals surface area contributed by atoms with Crippen molar-refractivity contribution in [3.63, 3.8) is 0 Å². The summed E-state index contributed by atoms with van der Waals surface area (Å²) in [5.41, 5.74) is 1.44. The third kappa shape index (κ3) is 1.40. The molecule has 4 heteroatoms. The molecule has 0 radical (unpaired) electrons. The first-order chi connectivity index (χ1) is 7.11. The molecular weight excluding hydrogens is 196 g/mol. The van der Waals surface area contributed by atoms with Crippen LogP contribution < -0.4 is 0 Å². The number of carboxylic acids is 2. The van der Waals surface area contributed by atoms with Crippen LogP contribution in [0.25, 0.3) is 6.08 Å². The summed E-state index contributed by atoms with van der Waals surface area (Å²) in [5, 5.41) is 17.8. The molecule has 1 aliphatic carbocycles. The van der Waals surface area contributed by atoms with Gasteiger partial charge in [0.05, 0.1) is 11.1 Å². The van der Waals surface area contributed by atoms with Crippen LogP contribution in [-0.4, -0.2) is 22.2 Å². The number of benzene rings is 1. The molecule has 0 saturated carbocycles. The molecule has 0 fully saturated rings. The topological polar surface area (TPSA) is 74.6 Å². The Bertz CT molecular complexity index is 486. The molecule has 1 aromatic rings. The van der Waals surface area contributed by atoms with Crippen LogP contribution in [0.15, 0.2) is 18.2 Å². The number of hydrogen-bond donors (Lipinski definition) is 2. The summed E-state index contributed by atoms with van der Waals surface area (Å²) in [6, 6.07) is 2.68. The van der Waals surface area contributed by atoms with E-state index in [-0.39, 0.29) is 11.1 Å². The van der Waals surface area contributed by atoms with Crippen LogP contribution in [0.2, 0.25) is 0 Å². The minimum absolute atomic E-state index is 0.156. The van der Waals surface area contributed by atoms with Gasteiger partial charge in [0.25, 0.3) is 0 Å². The fourth-order valence-corrected chi connectivity index (χ4v) is 1.76. The van der Waals surface area contributed by atoms with Crippen LogP contribution >= 0.6 is 0 Å². The van der Waals surface area contributed by atoms with Crippen molar-refractivity contribution in [3.8, 4) is 0 Å². The highest BCUT2D eigenvalue weighted by Gasteiger charge is 2.20. The highest BCUT2D eigenvalue weighted by Crippen LogP contribution is 2.27. The van der Waals surface area contributed by atoms with Gasteiger partial charge in [-0.1, -0.05) is 12.2 Å². The van der Waals surface area contributed by atoms with Crippen LogP contribution in [0.5, 0.6) is 0 Å². The molecule has 0 aliphatic heterocycles. The Balaban J connectivity index is 2.67. The first kappa shape index (κ1) is 9.45. The molecule has 2 N–H and O–H groups in total. The Labute approximate surface area is 85.5 Å². The van der Waals surface area contributed by atoms with Gasteiger partial charge < -0.3 is 10.2 Å². The Morgan fingerprint density at radius 2 is 1.67 bits per heavy atom. The van der Waals surface area contributed by atoms with Crippen LogP contribution in [-0.2, 0) is 6.42 Å². The highest BCUT2D eigenvalue weighted by molar-refractivity contribution is 5.98. The number of fused-ring (bicyclic) bond motifs is 1. The Morgan fingerprint density at radius 3 is 2.27 bits per heavy atom. The van der Waals surface area contributed by atoms with Gasteiger partial charge in [0.15, 0.2) is 0 Å². The molecule has 76 valence electrons. The zero-order valence-corrected chi connectivity index (χ0v) is 7.73. The standard InChI is InChI=1S/C11H8O4/c12-10(13)8-4-5-9(11(14)15)7-3-1-2-6(7)8/h1-2,4-5H,3H2,(H,12,13)(H,14,15). The van der Waals surface area contributed by atoms with Crippen molar-refractivity contribution in [2.75, 3.05) is 0 Å². The lowest BCUT2D eigenvalue weighted by molar-refractivity contribution is 0.0680. The molecule has 0 aromatic heterocycles. The molecule has 0 heterocycles. The average molecular weight is 204 g/mol. The van der Waals surface area contributed by atoms with Crippen molar-refractivity contribution in [1.82, 2.24) is 0 Å². The van der Waals surface area contributed by atoms with Gasteiger partial charge in [0, 0.05) is 0 Å². The Kier molecular flexibility index (Phi) is 2.04. The van der Waals surface area contributed by atoms with Crippen molar-refractivity contribution in [2.24, 2.45) is 0 Å². The second-order valence-corrected chi connectivity index (χ2v) is 3.27. The number of hydrogen-bond acceptors (Lipinski definition) is 2. The van der Waals surface area contributed by atoms with Crippen molar-refractivity contribution in [2.45, 2.75) is 6.42 Å². The third-order valence-corrected chi connectivity index (χ3v) is 2.42. The van der Waals surface area contributed by atoms with Crippen molar-refractivity contribution in [3.05, 3.63) is 40.5 Å². The van der Waals surface area contributed by atoms with E-state index in [1.54, 1.807) is 12.2 Å². The molecular formula is C11H8O4. The quantitative estimate of drug-likeness (QED) is 0.768. The molecule has 15 heavy (non-hydrogen) atoms. The predicted octanol–water partition coefficient (Wildman–Crippen LogP) is 1.65. The lowest BCUT2D eigenvalue weighted by atomic mass is 9.98. The van der Waals surface area contributed by atoms with E-state index < -0.39 is 11.9 Å². The van der Waals surface area contributed by atoms with E-state index >= 15 is 0 Å². The maximum absolute atomic E-state index is 10.9. The summed E-state index contributed by atoms with van der Waals surface area (Å²) in [4.78, 5) is 21.7. The second-order valence-electron chi connectivity index (χ2n) is 3.27. The molecule has 1 aliphatic rings. The number of allylic oxidation sites excluding steroid dienone is 1. The van der Waals surface area contributed by atoms with E-state index in [4.69, 9.17) is 10.2 Å². The molecule has 0 spiro atoms. The predicted molar refractivity (Wildman–Crippen MR) is 53.1 cm³/mol. The summed E-state index contributed by atoms with van der Waals surface area (Å²) in [7, 11) is 0. The molecule has 0 unspecified atom stereocenters. The van der Waals surface area contributed by atoms with Gasteiger partial charge in [-0.3, -0.25) is 0 Å². The first-order valence-electron chi connectivity index (χ1n) is 4.40. The Morgan fingerprint density at radius 1 is 1.07 bits per heavy atom. The summed E-state index contributed by atoms with van der Waals surface area (Å²) in [6.45, 7) is 0. The molecule has 0 bridgehead atoms. The zero-order chi connectivity index (χ0) is 11.0. The second kappa shape index (κ2) is 3.24. The van der Waals surface area contributed by atoms with Crippen LogP contribution in [0.3, 0.4) is 0 Å². The minimum Gasteiger partial charge on any atom is -0.478 e. The van der Waals surface area contributed by atoms with E-state index in [0.717, 1.165) is 0 Å². The first-order valence-corrected chi connectivity index (χ1v) is 4.40. The molecule has 2 rings (SSSR count). The van der Waals surface area contributed by atoms with Crippen LogP contribution in [0.4, 0.5) is 0 Å². The summed E-state index contributed by atoms with van der Waals surface area (Å²) in [5.74, 6) is -2.05. The molecule has 1 aromatic carbocycles. The monoisotopic (exact) mass is 204 g/mol. The molecule has 0 saturated heterocycles. The molecule has 0 amide bonds. The number of carboxylic acid groups (broad SMARTS) is 2. The lowest BCUT2D eigenvalue weighted by Crippen LogP contribution is -2.07. The zero-order valence-electron chi connectivity index (χ0n) is 7.73. The van der Waals surface area contributed by atoms with E-state index in [1.807, 2.05) is 0 Å². The van der Waals surface area contributed by atoms with Crippen LogP contribution in [0, 0.1) is 0 Å². The SMILES string of the molecule is O=C(O)c1ccc(C(=O)O)c2c1C=CC2.